The van der Waals surface area contributed by atoms with Gasteiger partial charge in [0.05, 0.1) is 17.7 Å². The van der Waals surface area contributed by atoms with Gasteiger partial charge in [-0.05, 0) is 67.6 Å². The normalized spacial score (nSPS) is 11.9. The Morgan fingerprint density at radius 3 is 2.11 bits per heavy atom. The maximum Gasteiger partial charge on any atom is 0.264 e. The summed E-state index contributed by atoms with van der Waals surface area (Å²) in [7, 11) is -1.44. The van der Waals surface area contributed by atoms with Crippen molar-refractivity contribution in [1.29, 1.82) is 0 Å². The van der Waals surface area contributed by atoms with Crippen LogP contribution in [0.25, 0.3) is 0 Å². The fraction of sp³-hybridized carbons (Fsp3) is 0.231. The van der Waals surface area contributed by atoms with Gasteiger partial charge in [-0.15, -0.1) is 0 Å². The lowest BCUT2D eigenvalue weighted by Gasteiger charge is -2.32. The van der Waals surface area contributed by atoms with Crippen LogP contribution in [0.5, 0.6) is 5.75 Å². The van der Waals surface area contributed by atoms with Crippen LogP contribution in [0.4, 0.5) is 10.1 Å². The summed E-state index contributed by atoms with van der Waals surface area (Å²) in [6.45, 7) is 0.650. The zero-order valence-corrected chi connectivity index (χ0v) is 23.1. The molecule has 3 aromatic rings. The Hall–Kier alpha value is -3.34. The van der Waals surface area contributed by atoms with Crippen molar-refractivity contribution >= 4 is 50.7 Å². The summed E-state index contributed by atoms with van der Waals surface area (Å²) in [6.07, 6.45) is 0. The molecule has 202 valence electrons. The van der Waals surface area contributed by atoms with Crippen LogP contribution in [-0.4, -0.2) is 51.9 Å². The molecule has 0 saturated heterocycles. The number of hydrogen-bond acceptors (Lipinski definition) is 5. The minimum absolute atomic E-state index is 0.0545. The van der Waals surface area contributed by atoms with Crippen molar-refractivity contribution in [3.8, 4) is 5.75 Å². The molecule has 0 aromatic heterocycles. The number of methoxy groups -OCH3 is 1. The van der Waals surface area contributed by atoms with Gasteiger partial charge in [0.25, 0.3) is 10.0 Å². The molecule has 0 fully saturated rings. The number of anilines is 1. The summed E-state index contributed by atoms with van der Waals surface area (Å²) in [4.78, 5) is 27.3. The van der Waals surface area contributed by atoms with Crippen molar-refractivity contribution in [1.82, 2.24) is 10.2 Å². The molecule has 0 spiro atoms. The fourth-order valence-electron chi connectivity index (χ4n) is 3.66. The topological polar surface area (TPSA) is 96.0 Å². The van der Waals surface area contributed by atoms with E-state index in [4.69, 9.17) is 27.9 Å². The molecule has 0 heterocycles. The van der Waals surface area contributed by atoms with E-state index in [1.54, 1.807) is 18.2 Å². The van der Waals surface area contributed by atoms with E-state index in [-0.39, 0.29) is 27.2 Å². The Balaban J connectivity index is 2.06. The van der Waals surface area contributed by atoms with E-state index >= 15 is 0 Å². The van der Waals surface area contributed by atoms with Gasteiger partial charge in [0.1, 0.15) is 24.2 Å². The largest absolute Gasteiger partial charge is 0.497 e. The Bertz CT molecular complexity index is 1380. The molecule has 12 heteroatoms. The van der Waals surface area contributed by atoms with E-state index < -0.39 is 40.2 Å². The molecule has 3 aromatic carbocycles. The molecule has 0 saturated carbocycles. The van der Waals surface area contributed by atoms with Crippen molar-refractivity contribution in [3.05, 3.63) is 88.2 Å². The van der Waals surface area contributed by atoms with Crippen molar-refractivity contribution in [3.63, 3.8) is 0 Å². The van der Waals surface area contributed by atoms with E-state index in [0.717, 1.165) is 16.4 Å². The van der Waals surface area contributed by atoms with E-state index in [2.05, 4.69) is 5.32 Å². The predicted molar refractivity (Wildman–Crippen MR) is 144 cm³/mol. The first kappa shape index (κ1) is 29.2. The van der Waals surface area contributed by atoms with Crippen LogP contribution in [0.3, 0.4) is 0 Å². The SMILES string of the molecule is CNC(=O)[C@@H](C)N(Cc1c(Cl)cccc1Cl)C(=O)CN(c1ccc(F)cc1)S(=O)(=O)c1ccc(OC)cc1. The standard InChI is InChI=1S/C26H26Cl2FN3O5S/c1-17(26(34)30-2)31(15-22-23(27)5-4-6-24(22)28)25(33)16-32(19-9-7-18(29)8-10-19)38(35,36)21-13-11-20(37-3)12-14-21/h4-14,17H,15-16H2,1-3H3,(H,30,34)/t17-/m1/s1. The Labute approximate surface area is 231 Å². The maximum absolute atomic E-state index is 13.7. The van der Waals surface area contributed by atoms with Gasteiger partial charge in [-0.25, -0.2) is 12.8 Å². The fourth-order valence-corrected chi connectivity index (χ4v) is 5.59. The number of halogens is 3. The number of likely N-dealkylation sites (N-methyl/N-ethyl adjacent to an activating group) is 1. The minimum atomic E-state index is -4.31. The van der Waals surface area contributed by atoms with Gasteiger partial charge in [0.15, 0.2) is 0 Å². The van der Waals surface area contributed by atoms with Crippen LogP contribution >= 0.6 is 23.2 Å². The number of carbonyl (C=O) groups excluding carboxylic acids is 2. The van der Waals surface area contributed by atoms with E-state index in [0.29, 0.717) is 11.3 Å². The molecule has 2 amide bonds. The van der Waals surface area contributed by atoms with Crippen LogP contribution in [0.1, 0.15) is 12.5 Å². The van der Waals surface area contributed by atoms with E-state index in [1.165, 1.54) is 62.4 Å². The molecule has 0 aliphatic heterocycles. The molecule has 0 aliphatic rings. The molecular formula is C26H26Cl2FN3O5S. The van der Waals surface area contributed by atoms with Crippen molar-refractivity contribution in [2.24, 2.45) is 0 Å². The second kappa shape index (κ2) is 12.5. The third-order valence-electron chi connectivity index (χ3n) is 5.84. The highest BCUT2D eigenvalue weighted by atomic mass is 35.5. The van der Waals surface area contributed by atoms with Crippen molar-refractivity contribution in [2.45, 2.75) is 24.4 Å². The first-order chi connectivity index (χ1) is 18.0. The van der Waals surface area contributed by atoms with Gasteiger partial charge in [-0.1, -0.05) is 29.3 Å². The number of benzene rings is 3. The van der Waals surface area contributed by atoms with Crippen LogP contribution < -0.4 is 14.4 Å². The number of amides is 2. The number of carbonyl (C=O) groups is 2. The van der Waals surface area contributed by atoms with Gasteiger partial charge >= 0.3 is 0 Å². The maximum atomic E-state index is 13.7. The summed E-state index contributed by atoms with van der Waals surface area (Å²) in [5.74, 6) is -1.33. The molecule has 0 unspecified atom stereocenters. The second-order valence-corrected chi connectivity index (χ2v) is 10.9. The quantitative estimate of drug-likeness (QED) is 0.380. The highest BCUT2D eigenvalue weighted by Crippen LogP contribution is 2.29. The molecule has 0 radical (unpaired) electrons. The highest BCUT2D eigenvalue weighted by molar-refractivity contribution is 7.92. The molecular weight excluding hydrogens is 556 g/mol. The van der Waals surface area contributed by atoms with Gasteiger partial charge in [-0.3, -0.25) is 13.9 Å². The number of hydrogen-bond donors (Lipinski definition) is 1. The molecule has 0 bridgehead atoms. The van der Waals surface area contributed by atoms with E-state index in [9.17, 15) is 22.4 Å². The lowest BCUT2D eigenvalue weighted by molar-refractivity contribution is -0.139. The summed E-state index contributed by atoms with van der Waals surface area (Å²) in [5, 5.41) is 3.05. The number of nitrogens with zero attached hydrogens (tertiary/aromatic N) is 2. The number of sulfonamides is 1. The predicted octanol–water partition coefficient (Wildman–Crippen LogP) is 4.50. The monoisotopic (exact) mass is 581 g/mol. The zero-order chi connectivity index (χ0) is 28.0. The zero-order valence-electron chi connectivity index (χ0n) is 20.8. The molecule has 3 rings (SSSR count). The molecule has 1 N–H and O–H groups in total. The minimum Gasteiger partial charge on any atom is -0.497 e. The first-order valence-electron chi connectivity index (χ1n) is 11.4. The van der Waals surface area contributed by atoms with Gasteiger partial charge in [-0.2, -0.15) is 0 Å². The lowest BCUT2D eigenvalue weighted by Crippen LogP contribution is -2.50. The second-order valence-electron chi connectivity index (χ2n) is 8.18. The summed E-state index contributed by atoms with van der Waals surface area (Å²) < 4.78 is 47.0. The molecule has 0 aliphatic carbocycles. The number of rotatable bonds is 10. The average molecular weight is 582 g/mol. The third kappa shape index (κ3) is 6.56. The van der Waals surface area contributed by atoms with Crippen LogP contribution in [-0.2, 0) is 26.2 Å². The van der Waals surface area contributed by atoms with Gasteiger partial charge < -0.3 is 15.0 Å². The van der Waals surface area contributed by atoms with Crippen LogP contribution in [0.2, 0.25) is 10.0 Å². The van der Waals surface area contributed by atoms with Crippen LogP contribution in [0.15, 0.2) is 71.6 Å². The van der Waals surface area contributed by atoms with Gasteiger partial charge in [0, 0.05) is 29.2 Å². The highest BCUT2D eigenvalue weighted by Gasteiger charge is 2.33. The van der Waals surface area contributed by atoms with Gasteiger partial charge in [0.2, 0.25) is 11.8 Å². The lowest BCUT2D eigenvalue weighted by atomic mass is 10.1. The number of nitrogens with one attached hydrogen (secondary N) is 1. The summed E-state index contributed by atoms with van der Waals surface area (Å²) >= 11 is 12.6. The first-order valence-corrected chi connectivity index (χ1v) is 13.6. The third-order valence-corrected chi connectivity index (χ3v) is 8.34. The Morgan fingerprint density at radius 2 is 1.58 bits per heavy atom. The van der Waals surface area contributed by atoms with Crippen molar-refractivity contribution in [2.75, 3.05) is 25.0 Å². The molecule has 8 nitrogen and oxygen atoms in total. The Kier molecular flexibility index (Phi) is 9.59. The number of ether oxygens (including phenoxy) is 1. The summed E-state index contributed by atoms with van der Waals surface area (Å²) in [5.41, 5.74) is 0.449. The van der Waals surface area contributed by atoms with Crippen molar-refractivity contribution < 1.29 is 27.1 Å². The average Bonchev–Trinajstić information content (AvgIpc) is 2.91. The molecule has 38 heavy (non-hydrogen) atoms. The Morgan fingerprint density at radius 1 is 1.00 bits per heavy atom. The summed E-state index contributed by atoms with van der Waals surface area (Å²) in [6, 6.07) is 14.1. The van der Waals surface area contributed by atoms with Crippen LogP contribution in [0, 0.1) is 5.82 Å². The smallest absolute Gasteiger partial charge is 0.264 e. The van der Waals surface area contributed by atoms with E-state index in [1.807, 2.05) is 0 Å². The molecule has 1 atom stereocenters.